The highest BCUT2D eigenvalue weighted by atomic mass is 32.1. The molecule has 150 valence electrons. The number of likely N-dealkylation sites (tertiary alicyclic amines) is 1. The molecule has 0 spiro atoms. The van der Waals surface area contributed by atoms with Crippen LogP contribution in [0, 0.1) is 24.6 Å². The van der Waals surface area contributed by atoms with Gasteiger partial charge in [-0.1, -0.05) is 24.1 Å². The minimum Gasteiger partial charge on any atom is -0.342 e. The first-order chi connectivity index (χ1) is 13.6. The maximum atomic E-state index is 14.0. The second kappa shape index (κ2) is 7.42. The number of fused-ring (bicyclic) bond motifs is 6. The van der Waals surface area contributed by atoms with Crippen molar-refractivity contribution in [3.05, 3.63) is 41.2 Å². The fourth-order valence-corrected chi connectivity index (χ4v) is 6.45. The summed E-state index contributed by atoms with van der Waals surface area (Å²) >= 11 is 5.84. The van der Waals surface area contributed by atoms with E-state index in [9.17, 15) is 4.39 Å². The predicted octanol–water partition coefficient (Wildman–Crippen LogP) is 4.73. The summed E-state index contributed by atoms with van der Waals surface area (Å²) in [4.78, 5) is 5.16. The van der Waals surface area contributed by atoms with Gasteiger partial charge in [-0.3, -0.25) is 4.90 Å². The Balaban J connectivity index is 1.40. The number of nitrogens with zero attached hydrogens (tertiary/aromatic N) is 2. The molecule has 28 heavy (non-hydrogen) atoms. The molecule has 1 aromatic carbocycles. The van der Waals surface area contributed by atoms with Crippen LogP contribution in [0.25, 0.3) is 0 Å². The zero-order valence-electron chi connectivity index (χ0n) is 16.7. The van der Waals surface area contributed by atoms with Gasteiger partial charge in [-0.2, -0.15) is 0 Å². The summed E-state index contributed by atoms with van der Waals surface area (Å²) in [5.74, 6) is 1.21. The molecular formula is C23H30FN3S. The number of nitrogens with one attached hydrogen (secondary N) is 1. The summed E-state index contributed by atoms with van der Waals surface area (Å²) in [6.07, 6.45) is 10.4. The number of hydrogen-bond acceptors (Lipinski definition) is 2. The first kappa shape index (κ1) is 18.6. The minimum absolute atomic E-state index is 0.184. The van der Waals surface area contributed by atoms with Gasteiger partial charge in [0.25, 0.3) is 0 Å². The first-order valence-corrected chi connectivity index (χ1v) is 11.3. The van der Waals surface area contributed by atoms with Crippen LogP contribution in [0.5, 0.6) is 0 Å². The molecule has 4 aliphatic rings. The van der Waals surface area contributed by atoms with E-state index in [4.69, 9.17) is 12.2 Å². The van der Waals surface area contributed by atoms with Crippen LogP contribution < -0.4 is 5.32 Å². The molecule has 1 N–H and O–H groups in total. The molecule has 4 atom stereocenters. The van der Waals surface area contributed by atoms with E-state index in [1.807, 2.05) is 13.0 Å². The molecule has 2 bridgehead atoms. The molecule has 0 amide bonds. The Morgan fingerprint density at radius 3 is 3.00 bits per heavy atom. The fraction of sp³-hybridized carbons (Fsp3) is 0.609. The van der Waals surface area contributed by atoms with E-state index in [1.165, 1.54) is 51.3 Å². The summed E-state index contributed by atoms with van der Waals surface area (Å²) in [6, 6.07) is 6.36. The molecule has 3 aliphatic heterocycles. The monoisotopic (exact) mass is 399 g/mol. The van der Waals surface area contributed by atoms with Crippen molar-refractivity contribution < 1.29 is 4.39 Å². The average Bonchev–Trinajstić information content (AvgIpc) is 2.71. The van der Waals surface area contributed by atoms with Crippen molar-refractivity contribution in [1.82, 2.24) is 9.80 Å². The molecule has 0 saturated carbocycles. The molecule has 3 fully saturated rings. The summed E-state index contributed by atoms with van der Waals surface area (Å²) in [6.45, 7) is 5.28. The van der Waals surface area contributed by atoms with Crippen LogP contribution in [-0.2, 0) is 0 Å². The van der Waals surface area contributed by atoms with Gasteiger partial charge in [-0.05, 0) is 81.8 Å². The number of benzene rings is 1. The number of hydrogen-bond donors (Lipinski definition) is 1. The van der Waals surface area contributed by atoms with Gasteiger partial charge in [0, 0.05) is 30.4 Å². The number of thiocarbonyl (C=S) groups is 1. The minimum atomic E-state index is -0.184. The second-order valence-electron chi connectivity index (χ2n) is 9.04. The highest BCUT2D eigenvalue weighted by Crippen LogP contribution is 2.45. The Hall–Kier alpha value is -1.46. The molecule has 1 aromatic rings. The Labute approximate surface area is 173 Å². The van der Waals surface area contributed by atoms with Gasteiger partial charge in [-0.15, -0.1) is 0 Å². The van der Waals surface area contributed by atoms with Crippen LogP contribution in [0.1, 0.15) is 44.1 Å². The molecule has 5 rings (SSSR count). The molecule has 3 nitrogen and oxygen atoms in total. The van der Waals surface area contributed by atoms with Crippen molar-refractivity contribution >= 4 is 23.0 Å². The van der Waals surface area contributed by atoms with E-state index in [1.54, 1.807) is 11.6 Å². The van der Waals surface area contributed by atoms with Crippen LogP contribution in [0.3, 0.4) is 0 Å². The van der Waals surface area contributed by atoms with Crippen LogP contribution in [-0.4, -0.2) is 46.6 Å². The smallest absolute Gasteiger partial charge is 0.173 e. The lowest BCUT2D eigenvalue weighted by molar-refractivity contribution is 0.0132. The van der Waals surface area contributed by atoms with Gasteiger partial charge in [0.05, 0.1) is 6.04 Å². The lowest BCUT2D eigenvalue weighted by atomic mass is 9.68. The Bertz CT molecular complexity index is 807. The summed E-state index contributed by atoms with van der Waals surface area (Å²) < 4.78 is 14.0. The molecular weight excluding hydrogens is 369 g/mol. The third-order valence-corrected chi connectivity index (χ3v) is 7.76. The lowest BCUT2D eigenvalue weighted by Gasteiger charge is -2.55. The number of piperidine rings is 3. The standard InChI is InChI=1S/C23H30FN3S/c1-15-19(24)7-4-8-20(15)25-23(28)27-11-5-6-16-12-17-13-18(22(16)27)14-26-10-3-2-9-21(17)26/h4,7-8,12,17-18,21-22H,2-3,5-6,9-11,13-14H2,1H3,(H,25,28)/t17-,18+,21+,22-/m0/s1. The molecule has 0 radical (unpaired) electrons. The Morgan fingerprint density at radius 1 is 1.21 bits per heavy atom. The van der Waals surface area contributed by atoms with Gasteiger partial charge in [0.2, 0.25) is 0 Å². The van der Waals surface area contributed by atoms with E-state index >= 15 is 0 Å². The van der Waals surface area contributed by atoms with Crippen molar-refractivity contribution in [2.45, 2.75) is 57.5 Å². The van der Waals surface area contributed by atoms with E-state index < -0.39 is 0 Å². The van der Waals surface area contributed by atoms with E-state index in [-0.39, 0.29) is 5.82 Å². The lowest BCUT2D eigenvalue weighted by Crippen LogP contribution is -2.60. The highest BCUT2D eigenvalue weighted by molar-refractivity contribution is 7.80. The zero-order valence-corrected chi connectivity index (χ0v) is 17.5. The van der Waals surface area contributed by atoms with Gasteiger partial charge in [0.15, 0.2) is 5.11 Å². The largest absolute Gasteiger partial charge is 0.342 e. The van der Waals surface area contributed by atoms with Crippen molar-refractivity contribution in [2.75, 3.05) is 25.0 Å². The van der Waals surface area contributed by atoms with E-state index in [2.05, 4.69) is 21.2 Å². The average molecular weight is 400 g/mol. The maximum absolute atomic E-state index is 14.0. The molecule has 1 aliphatic carbocycles. The molecule has 3 heterocycles. The third kappa shape index (κ3) is 3.17. The number of rotatable bonds is 1. The van der Waals surface area contributed by atoms with Gasteiger partial charge >= 0.3 is 0 Å². The summed E-state index contributed by atoms with van der Waals surface area (Å²) in [5.41, 5.74) is 3.03. The second-order valence-corrected chi connectivity index (χ2v) is 9.43. The highest BCUT2D eigenvalue weighted by Gasteiger charge is 2.46. The third-order valence-electron chi connectivity index (χ3n) is 7.43. The molecule has 5 heteroatoms. The van der Waals surface area contributed by atoms with Crippen LogP contribution in [0.4, 0.5) is 10.1 Å². The topological polar surface area (TPSA) is 18.5 Å². The Kier molecular flexibility index (Phi) is 4.92. The normalized spacial score (nSPS) is 32.2. The predicted molar refractivity (Wildman–Crippen MR) is 116 cm³/mol. The van der Waals surface area contributed by atoms with Gasteiger partial charge in [0.1, 0.15) is 5.82 Å². The number of halogens is 1. The zero-order chi connectivity index (χ0) is 19.3. The molecule has 3 saturated heterocycles. The summed E-state index contributed by atoms with van der Waals surface area (Å²) in [7, 11) is 0. The van der Waals surface area contributed by atoms with Crippen molar-refractivity contribution in [3.8, 4) is 0 Å². The SMILES string of the molecule is Cc1c(F)cccc1NC(=S)N1CCCC2=C[C@H]3C[C@H](CN4CCCC[C@H]34)[C@H]21. The maximum Gasteiger partial charge on any atom is 0.173 e. The molecule has 0 aromatic heterocycles. The van der Waals surface area contributed by atoms with Crippen molar-refractivity contribution in [3.63, 3.8) is 0 Å². The summed E-state index contributed by atoms with van der Waals surface area (Å²) in [5, 5.41) is 4.11. The van der Waals surface area contributed by atoms with Crippen molar-refractivity contribution in [1.29, 1.82) is 0 Å². The van der Waals surface area contributed by atoms with Crippen LogP contribution in [0.15, 0.2) is 29.8 Å². The Morgan fingerprint density at radius 2 is 2.11 bits per heavy atom. The van der Waals surface area contributed by atoms with Gasteiger partial charge < -0.3 is 10.2 Å². The first-order valence-electron chi connectivity index (χ1n) is 10.9. The van der Waals surface area contributed by atoms with E-state index in [0.717, 1.165) is 35.7 Å². The quantitative estimate of drug-likeness (QED) is 0.543. The van der Waals surface area contributed by atoms with Gasteiger partial charge in [-0.25, -0.2) is 4.39 Å². The van der Waals surface area contributed by atoms with E-state index in [0.29, 0.717) is 17.5 Å². The molecule has 0 unspecified atom stereocenters. The van der Waals surface area contributed by atoms with Crippen molar-refractivity contribution in [2.24, 2.45) is 11.8 Å². The van der Waals surface area contributed by atoms with Crippen LogP contribution >= 0.6 is 12.2 Å². The van der Waals surface area contributed by atoms with Crippen LogP contribution in [0.2, 0.25) is 0 Å². The fourth-order valence-electron chi connectivity index (χ4n) is 6.13. The number of anilines is 1.